The van der Waals surface area contributed by atoms with E-state index in [0.717, 1.165) is 5.69 Å². The molecule has 6 heteroatoms. The number of carbonyl (C=O) groups excluding carboxylic acids is 2. The first-order chi connectivity index (χ1) is 8.22. The number of nitrogens with two attached hydrogens (primary N) is 1. The van der Waals surface area contributed by atoms with Gasteiger partial charge in [0.1, 0.15) is 0 Å². The third-order valence-corrected chi connectivity index (χ3v) is 2.10. The van der Waals surface area contributed by atoms with Gasteiger partial charge in [-0.25, -0.2) is 0 Å². The van der Waals surface area contributed by atoms with Gasteiger partial charge in [0.05, 0.1) is 0 Å². The van der Waals surface area contributed by atoms with Crippen LogP contribution in [-0.4, -0.2) is 24.9 Å². The minimum Gasteiger partial charge on any atom is -0.356 e. The van der Waals surface area contributed by atoms with E-state index in [0.29, 0.717) is 19.5 Å². The number of nitrogens with one attached hydrogen (secondary N) is 2. The van der Waals surface area contributed by atoms with Gasteiger partial charge in [0.25, 0.3) is 0 Å². The number of rotatable bonds is 6. The molecule has 0 saturated carbocycles. The first-order valence-electron chi connectivity index (χ1n) is 5.54. The quantitative estimate of drug-likeness (QED) is 0.719. The molecule has 0 bridgehead atoms. The van der Waals surface area contributed by atoms with E-state index in [9.17, 15) is 9.59 Å². The maximum Gasteiger partial charge on any atom is 0.226 e. The van der Waals surface area contributed by atoms with Crippen LogP contribution in [0, 0.1) is 0 Å². The predicted octanol–water partition coefficient (Wildman–Crippen LogP) is 0.902. The average Bonchev–Trinajstić information content (AvgIpc) is 2.30. The fourth-order valence-corrected chi connectivity index (χ4v) is 1.28. The molecule has 0 spiro atoms. The second kappa shape index (κ2) is 9.44. The van der Waals surface area contributed by atoms with Gasteiger partial charge in [-0.2, -0.15) is 0 Å². The Balaban J connectivity index is 0.00000289. The second-order valence-electron chi connectivity index (χ2n) is 3.55. The Morgan fingerprint density at radius 2 is 1.72 bits per heavy atom. The number of anilines is 1. The van der Waals surface area contributed by atoms with Crippen LogP contribution in [0.4, 0.5) is 5.69 Å². The highest BCUT2D eigenvalue weighted by Crippen LogP contribution is 2.04. The highest BCUT2D eigenvalue weighted by atomic mass is 35.5. The van der Waals surface area contributed by atoms with Crippen molar-refractivity contribution in [2.45, 2.75) is 12.8 Å². The van der Waals surface area contributed by atoms with Crippen molar-refractivity contribution in [1.29, 1.82) is 0 Å². The first kappa shape index (κ1) is 16.4. The summed E-state index contributed by atoms with van der Waals surface area (Å²) in [5.41, 5.74) is 5.98. The summed E-state index contributed by atoms with van der Waals surface area (Å²) < 4.78 is 0. The Morgan fingerprint density at radius 3 is 2.33 bits per heavy atom. The van der Waals surface area contributed by atoms with Crippen molar-refractivity contribution in [3.63, 3.8) is 0 Å². The van der Waals surface area contributed by atoms with E-state index >= 15 is 0 Å². The lowest BCUT2D eigenvalue weighted by Gasteiger charge is -2.06. The van der Waals surface area contributed by atoms with Gasteiger partial charge in [-0.15, -0.1) is 12.4 Å². The second-order valence-corrected chi connectivity index (χ2v) is 3.55. The molecular weight excluding hydrogens is 254 g/mol. The smallest absolute Gasteiger partial charge is 0.226 e. The van der Waals surface area contributed by atoms with Crippen molar-refractivity contribution in [2.24, 2.45) is 5.73 Å². The van der Waals surface area contributed by atoms with Crippen LogP contribution in [0.2, 0.25) is 0 Å². The summed E-state index contributed by atoms with van der Waals surface area (Å²) in [6.07, 6.45) is 0.547. The molecule has 0 radical (unpaired) electrons. The zero-order valence-corrected chi connectivity index (χ0v) is 10.8. The largest absolute Gasteiger partial charge is 0.356 e. The van der Waals surface area contributed by atoms with E-state index in [1.54, 1.807) is 0 Å². The lowest BCUT2D eigenvalue weighted by Crippen LogP contribution is -2.29. The number of hydrogen-bond donors (Lipinski definition) is 3. The molecule has 1 aromatic carbocycles. The molecule has 0 saturated heterocycles. The van der Waals surface area contributed by atoms with E-state index < -0.39 is 0 Å². The summed E-state index contributed by atoms with van der Waals surface area (Å²) in [4.78, 5) is 22.5. The summed E-state index contributed by atoms with van der Waals surface area (Å²) in [6.45, 7) is 0.652. The minimum atomic E-state index is -0.125. The number of amides is 2. The van der Waals surface area contributed by atoms with Gasteiger partial charge < -0.3 is 16.4 Å². The molecule has 0 aromatic heterocycles. The van der Waals surface area contributed by atoms with Crippen LogP contribution < -0.4 is 16.4 Å². The molecule has 4 N–H and O–H groups in total. The fourth-order valence-electron chi connectivity index (χ4n) is 1.28. The topological polar surface area (TPSA) is 84.2 Å². The lowest BCUT2D eigenvalue weighted by atomic mass is 10.3. The Bertz CT molecular complexity index is 371. The zero-order chi connectivity index (χ0) is 12.5. The van der Waals surface area contributed by atoms with Gasteiger partial charge in [-0.1, -0.05) is 18.2 Å². The standard InChI is InChI=1S/C12H17N3O2.ClH/c13-8-6-11(16)14-9-7-12(17)15-10-4-2-1-3-5-10;/h1-5H,6-9,13H2,(H,14,16)(H,15,17);1H. The van der Waals surface area contributed by atoms with Crippen molar-refractivity contribution in [2.75, 3.05) is 18.4 Å². The number of para-hydroxylation sites is 1. The van der Waals surface area contributed by atoms with Crippen LogP contribution in [0.3, 0.4) is 0 Å². The predicted molar refractivity (Wildman–Crippen MR) is 73.6 cm³/mol. The summed E-state index contributed by atoms with van der Waals surface area (Å²) in [5, 5.41) is 5.35. The SMILES string of the molecule is Cl.NCCC(=O)NCCC(=O)Nc1ccccc1. The molecule has 0 heterocycles. The van der Waals surface area contributed by atoms with Crippen molar-refractivity contribution >= 4 is 29.9 Å². The molecule has 0 aliphatic rings. The molecule has 0 atom stereocenters. The Hall–Kier alpha value is -1.59. The summed E-state index contributed by atoms with van der Waals surface area (Å²) >= 11 is 0. The molecule has 2 amide bonds. The minimum absolute atomic E-state index is 0. The van der Waals surface area contributed by atoms with Gasteiger partial charge in [0.15, 0.2) is 0 Å². The highest BCUT2D eigenvalue weighted by molar-refractivity contribution is 5.91. The van der Waals surface area contributed by atoms with Crippen LogP contribution >= 0.6 is 12.4 Å². The van der Waals surface area contributed by atoms with Crippen LogP contribution in [0.5, 0.6) is 0 Å². The van der Waals surface area contributed by atoms with E-state index in [-0.39, 0.29) is 30.6 Å². The van der Waals surface area contributed by atoms with Gasteiger partial charge in [-0.3, -0.25) is 9.59 Å². The maximum atomic E-state index is 11.5. The molecule has 18 heavy (non-hydrogen) atoms. The molecular formula is C12H18ClN3O2. The number of carbonyl (C=O) groups is 2. The van der Waals surface area contributed by atoms with Crippen molar-refractivity contribution < 1.29 is 9.59 Å². The monoisotopic (exact) mass is 271 g/mol. The highest BCUT2D eigenvalue weighted by Gasteiger charge is 2.03. The Morgan fingerprint density at radius 1 is 1.06 bits per heavy atom. The Kier molecular flexibility index (Phi) is 8.61. The first-order valence-corrected chi connectivity index (χ1v) is 5.54. The molecule has 0 aliphatic carbocycles. The molecule has 5 nitrogen and oxygen atoms in total. The molecule has 1 aromatic rings. The number of halogens is 1. The van der Waals surface area contributed by atoms with Gasteiger partial charge in [-0.05, 0) is 12.1 Å². The van der Waals surface area contributed by atoms with Crippen LogP contribution in [-0.2, 0) is 9.59 Å². The van der Waals surface area contributed by atoms with Crippen LogP contribution in [0.25, 0.3) is 0 Å². The average molecular weight is 272 g/mol. The molecule has 0 unspecified atom stereocenters. The Labute approximate surface area is 113 Å². The van der Waals surface area contributed by atoms with Gasteiger partial charge >= 0.3 is 0 Å². The molecule has 1 rings (SSSR count). The van der Waals surface area contributed by atoms with E-state index in [2.05, 4.69) is 10.6 Å². The van der Waals surface area contributed by atoms with Crippen molar-refractivity contribution in [3.05, 3.63) is 30.3 Å². The molecule has 100 valence electrons. The summed E-state index contributed by atoms with van der Waals surface area (Å²) in [5.74, 6) is -0.246. The normalized spacial score (nSPS) is 9.17. The molecule has 0 aliphatic heterocycles. The number of benzene rings is 1. The van der Waals surface area contributed by atoms with Crippen LogP contribution in [0.1, 0.15) is 12.8 Å². The molecule has 0 fully saturated rings. The zero-order valence-electron chi connectivity index (χ0n) is 10.0. The van der Waals surface area contributed by atoms with Crippen molar-refractivity contribution in [1.82, 2.24) is 5.32 Å². The maximum absolute atomic E-state index is 11.5. The summed E-state index contributed by atoms with van der Waals surface area (Å²) in [7, 11) is 0. The summed E-state index contributed by atoms with van der Waals surface area (Å²) in [6, 6.07) is 9.19. The van der Waals surface area contributed by atoms with Crippen molar-refractivity contribution in [3.8, 4) is 0 Å². The van der Waals surface area contributed by atoms with E-state index in [1.807, 2.05) is 30.3 Å². The van der Waals surface area contributed by atoms with E-state index in [4.69, 9.17) is 5.73 Å². The lowest BCUT2D eigenvalue weighted by molar-refractivity contribution is -0.121. The fraction of sp³-hybridized carbons (Fsp3) is 0.333. The van der Waals surface area contributed by atoms with Crippen LogP contribution in [0.15, 0.2) is 30.3 Å². The number of hydrogen-bond acceptors (Lipinski definition) is 3. The third-order valence-electron chi connectivity index (χ3n) is 2.10. The third kappa shape index (κ3) is 6.88. The van der Waals surface area contributed by atoms with E-state index in [1.165, 1.54) is 0 Å². The van der Waals surface area contributed by atoms with Gasteiger partial charge in [0, 0.05) is 31.6 Å². The van der Waals surface area contributed by atoms with Gasteiger partial charge in [0.2, 0.25) is 11.8 Å².